The first kappa shape index (κ1) is 16.4. The third-order valence-corrected chi connectivity index (χ3v) is 4.45. The van der Waals surface area contributed by atoms with Gasteiger partial charge in [0.2, 0.25) is 0 Å². The number of benzene rings is 1. The molecule has 0 aliphatic carbocycles. The normalized spacial score (nSPS) is 21.4. The molecule has 1 heterocycles. The van der Waals surface area contributed by atoms with Gasteiger partial charge in [-0.2, -0.15) is 0 Å². The van der Waals surface area contributed by atoms with Crippen molar-refractivity contribution in [2.45, 2.75) is 33.6 Å². The Morgan fingerprint density at radius 3 is 2.82 bits per heavy atom. The number of amides is 1. The van der Waals surface area contributed by atoms with Gasteiger partial charge in [-0.15, -0.1) is 0 Å². The Bertz CT molecular complexity index is 586. The molecule has 0 saturated carbocycles. The van der Waals surface area contributed by atoms with Gasteiger partial charge in [0.15, 0.2) is 6.54 Å². The molecule has 1 amide bonds. The third-order valence-electron chi connectivity index (χ3n) is 4.45. The van der Waals surface area contributed by atoms with Crippen LogP contribution in [-0.2, 0) is 4.79 Å². The number of aryl methyl sites for hydroxylation is 1. The molecule has 1 unspecified atom stereocenters. The number of nitrogens with zero attached hydrogens (tertiary/aromatic N) is 1. The van der Waals surface area contributed by atoms with Crippen LogP contribution in [0.1, 0.15) is 30.9 Å². The fourth-order valence-corrected chi connectivity index (χ4v) is 3.08. The molecular weight excluding hydrogens is 282 g/mol. The minimum atomic E-state index is -0.447. The van der Waals surface area contributed by atoms with Gasteiger partial charge in [-0.05, 0) is 37.8 Å². The lowest BCUT2D eigenvalue weighted by Crippen LogP contribution is -3.14. The van der Waals surface area contributed by atoms with Crippen molar-refractivity contribution in [3.8, 4) is 0 Å². The highest BCUT2D eigenvalue weighted by molar-refractivity contribution is 5.95. The Morgan fingerprint density at radius 2 is 2.18 bits per heavy atom. The standard InChI is InChI=1S/C16H23N3O3/c1-11-5-4-8-18(9-11)10-15(20)17-16-13(3)12(2)6-7-14(16)19(21)22/h6-7,11H,4-5,8-10H2,1-3H3,(H,17,20)/p+1/t11-/m1/s1. The Kier molecular flexibility index (Phi) is 5.13. The van der Waals surface area contributed by atoms with Crippen molar-refractivity contribution in [3.05, 3.63) is 33.4 Å². The zero-order chi connectivity index (χ0) is 16.3. The van der Waals surface area contributed by atoms with E-state index in [0.717, 1.165) is 30.6 Å². The number of carbonyl (C=O) groups is 1. The predicted molar refractivity (Wildman–Crippen MR) is 85.2 cm³/mol. The van der Waals surface area contributed by atoms with Gasteiger partial charge in [-0.1, -0.05) is 13.0 Å². The quantitative estimate of drug-likeness (QED) is 0.653. The number of anilines is 1. The van der Waals surface area contributed by atoms with Crippen LogP contribution in [0, 0.1) is 29.9 Å². The number of quaternary nitrogens is 1. The molecule has 1 aromatic carbocycles. The van der Waals surface area contributed by atoms with E-state index < -0.39 is 4.92 Å². The summed E-state index contributed by atoms with van der Waals surface area (Å²) in [5, 5.41) is 13.9. The van der Waals surface area contributed by atoms with Gasteiger partial charge < -0.3 is 10.2 Å². The minimum absolute atomic E-state index is 0.0431. The van der Waals surface area contributed by atoms with E-state index in [-0.39, 0.29) is 11.6 Å². The first-order chi connectivity index (χ1) is 10.4. The van der Waals surface area contributed by atoms with Gasteiger partial charge in [0.05, 0.1) is 18.0 Å². The molecule has 6 nitrogen and oxygen atoms in total. The number of rotatable bonds is 4. The van der Waals surface area contributed by atoms with Crippen molar-refractivity contribution in [2.75, 3.05) is 25.0 Å². The van der Waals surface area contributed by atoms with Crippen molar-refractivity contribution in [1.82, 2.24) is 0 Å². The Hall–Kier alpha value is -1.95. The van der Waals surface area contributed by atoms with Gasteiger partial charge >= 0.3 is 0 Å². The molecule has 6 heteroatoms. The van der Waals surface area contributed by atoms with E-state index in [4.69, 9.17) is 0 Å². The number of nitro groups is 1. The number of carbonyl (C=O) groups excluding carboxylic acids is 1. The van der Waals surface area contributed by atoms with Gasteiger partial charge in [0.25, 0.3) is 11.6 Å². The maximum Gasteiger partial charge on any atom is 0.293 e. The molecule has 22 heavy (non-hydrogen) atoms. The van der Waals surface area contributed by atoms with Crippen molar-refractivity contribution in [1.29, 1.82) is 0 Å². The van der Waals surface area contributed by atoms with Crippen LogP contribution >= 0.6 is 0 Å². The van der Waals surface area contributed by atoms with Crippen molar-refractivity contribution >= 4 is 17.3 Å². The van der Waals surface area contributed by atoms with Crippen LogP contribution in [0.5, 0.6) is 0 Å². The molecule has 1 aliphatic heterocycles. The summed E-state index contributed by atoms with van der Waals surface area (Å²) in [7, 11) is 0. The summed E-state index contributed by atoms with van der Waals surface area (Å²) in [6.45, 7) is 8.23. The molecule has 1 aliphatic rings. The van der Waals surface area contributed by atoms with Crippen LogP contribution in [0.15, 0.2) is 12.1 Å². The number of hydrogen-bond donors (Lipinski definition) is 2. The number of likely N-dealkylation sites (tertiary alicyclic amines) is 1. The second kappa shape index (κ2) is 6.87. The SMILES string of the molecule is Cc1ccc([N+](=O)[O-])c(NC(=O)C[NH+]2CCC[C@@H](C)C2)c1C. The van der Waals surface area contributed by atoms with Crippen LogP contribution in [0.3, 0.4) is 0 Å². The van der Waals surface area contributed by atoms with E-state index >= 15 is 0 Å². The Morgan fingerprint density at radius 1 is 1.45 bits per heavy atom. The molecule has 2 rings (SSSR count). The summed E-state index contributed by atoms with van der Waals surface area (Å²) < 4.78 is 0. The zero-order valence-electron chi connectivity index (χ0n) is 13.4. The average Bonchev–Trinajstić information content (AvgIpc) is 2.43. The monoisotopic (exact) mass is 306 g/mol. The summed E-state index contributed by atoms with van der Waals surface area (Å²) in [4.78, 5) is 24.2. The lowest BCUT2D eigenvalue weighted by atomic mass is 10.0. The topological polar surface area (TPSA) is 76.7 Å². The molecule has 1 fully saturated rings. The van der Waals surface area contributed by atoms with E-state index in [0.29, 0.717) is 18.2 Å². The first-order valence-corrected chi connectivity index (χ1v) is 7.76. The summed E-state index contributed by atoms with van der Waals surface area (Å²) in [6, 6.07) is 3.16. The fraction of sp³-hybridized carbons (Fsp3) is 0.562. The Labute approximate surface area is 130 Å². The van der Waals surface area contributed by atoms with E-state index in [9.17, 15) is 14.9 Å². The van der Waals surface area contributed by atoms with Gasteiger partial charge in [0, 0.05) is 12.0 Å². The van der Waals surface area contributed by atoms with E-state index in [2.05, 4.69) is 12.2 Å². The minimum Gasteiger partial charge on any atom is -0.327 e. The maximum absolute atomic E-state index is 12.3. The summed E-state index contributed by atoms with van der Waals surface area (Å²) in [5.41, 5.74) is 1.97. The molecule has 1 aromatic rings. The van der Waals surface area contributed by atoms with Crippen molar-refractivity contribution < 1.29 is 14.6 Å². The maximum atomic E-state index is 12.3. The smallest absolute Gasteiger partial charge is 0.293 e. The Balaban J connectivity index is 2.11. The fourth-order valence-electron chi connectivity index (χ4n) is 3.08. The van der Waals surface area contributed by atoms with Crippen LogP contribution in [0.25, 0.3) is 0 Å². The molecule has 0 radical (unpaired) electrons. The summed E-state index contributed by atoms with van der Waals surface area (Å²) >= 11 is 0. The van der Waals surface area contributed by atoms with Crippen LogP contribution in [0.4, 0.5) is 11.4 Å². The number of hydrogen-bond acceptors (Lipinski definition) is 3. The number of piperidine rings is 1. The van der Waals surface area contributed by atoms with E-state index in [1.165, 1.54) is 17.4 Å². The molecular formula is C16H24N3O3+. The highest BCUT2D eigenvalue weighted by Crippen LogP contribution is 2.29. The van der Waals surface area contributed by atoms with E-state index in [1.54, 1.807) is 13.0 Å². The molecule has 0 aromatic heterocycles. The third kappa shape index (κ3) is 3.82. The predicted octanol–water partition coefficient (Wildman–Crippen LogP) is 1.46. The van der Waals surface area contributed by atoms with Gasteiger partial charge in [0.1, 0.15) is 5.69 Å². The molecule has 2 N–H and O–H groups in total. The number of nitro benzene ring substituents is 1. The molecule has 2 atom stereocenters. The number of nitrogens with one attached hydrogen (secondary N) is 2. The van der Waals surface area contributed by atoms with Gasteiger partial charge in [-0.3, -0.25) is 14.9 Å². The molecule has 120 valence electrons. The van der Waals surface area contributed by atoms with Crippen molar-refractivity contribution in [2.24, 2.45) is 5.92 Å². The largest absolute Gasteiger partial charge is 0.327 e. The summed E-state index contributed by atoms with van der Waals surface area (Å²) in [6.07, 6.45) is 2.35. The second-order valence-electron chi connectivity index (χ2n) is 6.34. The average molecular weight is 306 g/mol. The van der Waals surface area contributed by atoms with E-state index in [1.807, 2.05) is 6.92 Å². The lowest BCUT2D eigenvalue weighted by molar-refractivity contribution is -0.900. The highest BCUT2D eigenvalue weighted by Gasteiger charge is 2.24. The highest BCUT2D eigenvalue weighted by atomic mass is 16.6. The zero-order valence-corrected chi connectivity index (χ0v) is 13.4. The molecule has 1 saturated heterocycles. The lowest BCUT2D eigenvalue weighted by Gasteiger charge is -2.27. The van der Waals surface area contributed by atoms with Crippen LogP contribution < -0.4 is 10.2 Å². The summed E-state index contributed by atoms with van der Waals surface area (Å²) in [5.74, 6) is 0.479. The van der Waals surface area contributed by atoms with Crippen LogP contribution in [0.2, 0.25) is 0 Å². The van der Waals surface area contributed by atoms with Crippen LogP contribution in [-0.4, -0.2) is 30.5 Å². The van der Waals surface area contributed by atoms with Gasteiger partial charge in [-0.25, -0.2) is 0 Å². The molecule has 0 bridgehead atoms. The molecule has 0 spiro atoms. The first-order valence-electron chi connectivity index (χ1n) is 7.76. The van der Waals surface area contributed by atoms with Crippen molar-refractivity contribution in [3.63, 3.8) is 0 Å². The second-order valence-corrected chi connectivity index (χ2v) is 6.34.